The lowest BCUT2D eigenvalue weighted by Gasteiger charge is -2.52. The second kappa shape index (κ2) is 14.0. The van der Waals surface area contributed by atoms with E-state index in [1.165, 1.54) is 11.1 Å². The monoisotopic (exact) mass is 698 g/mol. The summed E-state index contributed by atoms with van der Waals surface area (Å²) in [5.74, 6) is 0.308. The van der Waals surface area contributed by atoms with E-state index in [2.05, 4.69) is 49.7 Å². The van der Waals surface area contributed by atoms with Crippen molar-refractivity contribution >= 4 is 29.3 Å². The Morgan fingerprint density at radius 1 is 0.765 bits per heavy atom. The highest BCUT2D eigenvalue weighted by Crippen LogP contribution is 2.58. The maximum absolute atomic E-state index is 14.5. The summed E-state index contributed by atoms with van der Waals surface area (Å²) in [7, 11) is 0. The number of carbonyl (C=O) groups is 4. The minimum atomic E-state index is -0.760. The number of benzene rings is 2. The average Bonchev–Trinajstić information content (AvgIpc) is 3.10. The molecule has 0 unspecified atom stereocenters. The third-order valence-electron chi connectivity index (χ3n) is 13.7. The summed E-state index contributed by atoms with van der Waals surface area (Å²) >= 11 is 0. The van der Waals surface area contributed by atoms with Crippen LogP contribution in [0.5, 0.6) is 5.75 Å². The lowest BCUT2D eigenvalue weighted by molar-refractivity contribution is -0.149. The van der Waals surface area contributed by atoms with Crippen LogP contribution < -0.4 is 21.7 Å². The van der Waals surface area contributed by atoms with E-state index in [4.69, 9.17) is 5.73 Å². The number of nitrogens with one attached hydrogen (secondary N) is 3. The zero-order valence-corrected chi connectivity index (χ0v) is 31.5. The Labute approximate surface area is 303 Å². The van der Waals surface area contributed by atoms with Gasteiger partial charge in [-0.05, 0) is 146 Å². The minimum Gasteiger partial charge on any atom is -0.508 e. The minimum absolute atomic E-state index is 0.0414. The Kier molecular flexibility index (Phi) is 10.2. The molecule has 2 saturated carbocycles. The van der Waals surface area contributed by atoms with E-state index in [0.29, 0.717) is 23.9 Å². The topological polar surface area (TPSA) is 151 Å². The highest BCUT2D eigenvalue weighted by Gasteiger charge is 2.55. The number of aromatic hydroxyl groups is 1. The molecule has 2 aromatic rings. The number of aryl methyl sites for hydroxylation is 2. The number of carbonyl (C=O) groups excluding carboxylic acids is 4. The summed E-state index contributed by atoms with van der Waals surface area (Å²) in [6.45, 7) is 14.0. The number of phenolic OH excluding ortho intramolecular Hbond substituents is 1. The molecule has 0 spiro atoms. The quantitative estimate of drug-likeness (QED) is 0.214. The molecule has 0 radical (unpaired) electrons. The van der Waals surface area contributed by atoms with Gasteiger partial charge in [-0.1, -0.05) is 53.7 Å². The molecule has 6 N–H and O–H groups in total. The first kappa shape index (κ1) is 37.1. The van der Waals surface area contributed by atoms with Crippen molar-refractivity contribution in [2.75, 3.05) is 5.32 Å². The summed E-state index contributed by atoms with van der Waals surface area (Å²) < 4.78 is 0. The van der Waals surface area contributed by atoms with Gasteiger partial charge >= 0.3 is 0 Å². The van der Waals surface area contributed by atoms with E-state index in [1.807, 2.05) is 38.1 Å². The Morgan fingerprint density at radius 3 is 1.80 bits per heavy atom. The Balaban J connectivity index is 1.19. The molecule has 276 valence electrons. The number of phenols is 1. The van der Waals surface area contributed by atoms with Crippen molar-refractivity contribution in [3.63, 3.8) is 0 Å². The molecule has 9 nitrogen and oxygen atoms in total. The molecule has 6 rings (SSSR count). The second-order valence-corrected chi connectivity index (χ2v) is 17.3. The van der Waals surface area contributed by atoms with Crippen LogP contribution in [-0.2, 0) is 32.0 Å². The summed E-state index contributed by atoms with van der Waals surface area (Å²) in [4.78, 5) is 54.4. The molecule has 0 bridgehead atoms. The number of rotatable bonds is 7. The van der Waals surface area contributed by atoms with Gasteiger partial charge in [-0.15, -0.1) is 0 Å². The molecule has 10 atom stereocenters. The van der Waals surface area contributed by atoms with Crippen molar-refractivity contribution in [2.45, 2.75) is 124 Å². The van der Waals surface area contributed by atoms with Crippen LogP contribution in [0, 0.1) is 40.4 Å². The van der Waals surface area contributed by atoms with Crippen molar-refractivity contribution in [2.24, 2.45) is 46.2 Å². The molecule has 0 saturated heterocycles. The fourth-order valence-corrected chi connectivity index (χ4v) is 10.2. The zero-order chi connectivity index (χ0) is 37.0. The van der Waals surface area contributed by atoms with E-state index >= 15 is 0 Å². The van der Waals surface area contributed by atoms with Gasteiger partial charge in [0.2, 0.25) is 23.6 Å². The largest absolute Gasteiger partial charge is 0.508 e. The molecule has 4 aliphatic rings. The van der Waals surface area contributed by atoms with Gasteiger partial charge in [-0.3, -0.25) is 24.5 Å². The molecule has 4 amide bonds. The van der Waals surface area contributed by atoms with Crippen molar-refractivity contribution in [3.8, 4) is 5.75 Å². The van der Waals surface area contributed by atoms with Crippen LogP contribution in [0.2, 0.25) is 0 Å². The van der Waals surface area contributed by atoms with Crippen LogP contribution in [0.15, 0.2) is 36.4 Å². The SMILES string of the molecule is CC(C)[C@H](N)C(=O)N[C@@H](C)C(=O)Nc1ccc2c(c1)[C@@H]1[C@@H](CC2)[C@@](C)(C(=O)NC(=O)[C@@]2(C)CC[C@H](C)[C@@H]3c4cc(O)ccc4CC[C@H]32)CC[C@@H]1C. The van der Waals surface area contributed by atoms with Gasteiger partial charge in [0.1, 0.15) is 11.8 Å². The highest BCUT2D eigenvalue weighted by atomic mass is 16.3. The van der Waals surface area contributed by atoms with Crippen molar-refractivity contribution in [3.05, 3.63) is 58.7 Å². The summed E-state index contributed by atoms with van der Waals surface area (Å²) in [6, 6.07) is 10.2. The second-order valence-electron chi connectivity index (χ2n) is 17.3. The van der Waals surface area contributed by atoms with E-state index in [0.717, 1.165) is 56.1 Å². The number of amides is 4. The standard InChI is InChI=1S/C42H58N4O5/c1-22(2)36(43)38(49)44-25(5)37(48)45-28-12-8-26-10-14-32-34(30(26)20-28)23(3)16-18-41(32,6)39(50)46-40(51)42(7)19-17-24(4)35-31-21-29(47)13-9-27(31)11-15-33(35)42/h8-9,12-13,20-25,32-36,47H,10-11,14-19,43H2,1-7H3,(H,44,49)(H,45,48)(H,46,50,51)/t23-,24-,25-,32+,33+,34+,35+,36-,41-,42-/m0/s1. The van der Waals surface area contributed by atoms with Crippen LogP contribution in [-0.4, -0.2) is 40.8 Å². The predicted octanol–water partition coefficient (Wildman–Crippen LogP) is 6.33. The summed E-state index contributed by atoms with van der Waals surface area (Å²) in [6.07, 6.45) is 6.61. The van der Waals surface area contributed by atoms with Crippen molar-refractivity contribution in [1.82, 2.24) is 10.6 Å². The van der Waals surface area contributed by atoms with Crippen molar-refractivity contribution in [1.29, 1.82) is 0 Å². The Hall–Kier alpha value is -3.72. The third kappa shape index (κ3) is 6.71. The molecule has 2 fully saturated rings. The van der Waals surface area contributed by atoms with Crippen LogP contribution in [0.25, 0.3) is 0 Å². The molecule has 51 heavy (non-hydrogen) atoms. The number of nitrogens with two attached hydrogens (primary N) is 1. The van der Waals surface area contributed by atoms with Gasteiger partial charge in [0.15, 0.2) is 0 Å². The van der Waals surface area contributed by atoms with E-state index in [1.54, 1.807) is 13.0 Å². The maximum Gasteiger partial charge on any atom is 0.246 e. The number of hydrogen-bond acceptors (Lipinski definition) is 6. The molecular weight excluding hydrogens is 640 g/mol. The van der Waals surface area contributed by atoms with E-state index in [9.17, 15) is 24.3 Å². The van der Waals surface area contributed by atoms with E-state index in [-0.39, 0.29) is 59.0 Å². The van der Waals surface area contributed by atoms with E-state index < -0.39 is 22.9 Å². The maximum atomic E-state index is 14.5. The molecule has 0 heterocycles. The van der Waals surface area contributed by atoms with Gasteiger partial charge in [0.25, 0.3) is 0 Å². The molecule has 2 aromatic carbocycles. The number of fused-ring (bicyclic) bond motifs is 6. The molecular formula is C42H58N4O5. The number of hydrogen-bond donors (Lipinski definition) is 5. The van der Waals surface area contributed by atoms with Gasteiger partial charge in [-0.2, -0.15) is 0 Å². The molecule has 4 aliphatic carbocycles. The Bertz CT molecular complexity index is 1710. The third-order valence-corrected chi connectivity index (χ3v) is 13.7. The zero-order valence-electron chi connectivity index (χ0n) is 31.5. The first-order valence-electron chi connectivity index (χ1n) is 19.2. The fourth-order valence-electron chi connectivity index (χ4n) is 10.2. The lowest BCUT2D eigenvalue weighted by Crippen LogP contribution is -2.57. The van der Waals surface area contributed by atoms with Crippen molar-refractivity contribution < 1.29 is 24.3 Å². The predicted molar refractivity (Wildman–Crippen MR) is 199 cm³/mol. The van der Waals surface area contributed by atoms with Gasteiger partial charge in [0, 0.05) is 5.69 Å². The summed E-state index contributed by atoms with van der Waals surface area (Å²) in [5, 5.41) is 19.1. The smallest absolute Gasteiger partial charge is 0.246 e. The van der Waals surface area contributed by atoms with Gasteiger partial charge < -0.3 is 21.5 Å². The molecule has 9 heteroatoms. The summed E-state index contributed by atoms with van der Waals surface area (Å²) in [5.41, 5.74) is 10.0. The average molecular weight is 699 g/mol. The number of anilines is 1. The van der Waals surface area contributed by atoms with Crippen LogP contribution in [0.3, 0.4) is 0 Å². The van der Waals surface area contributed by atoms with Crippen LogP contribution >= 0.6 is 0 Å². The Morgan fingerprint density at radius 2 is 1.27 bits per heavy atom. The van der Waals surface area contributed by atoms with Gasteiger partial charge in [0.05, 0.1) is 16.9 Å². The molecule has 0 aromatic heterocycles. The van der Waals surface area contributed by atoms with Crippen LogP contribution in [0.1, 0.15) is 121 Å². The first-order valence-corrected chi connectivity index (χ1v) is 19.2. The lowest BCUT2D eigenvalue weighted by atomic mass is 9.52. The van der Waals surface area contributed by atoms with Crippen LogP contribution in [0.4, 0.5) is 5.69 Å². The number of imide groups is 1. The van der Waals surface area contributed by atoms with Gasteiger partial charge in [-0.25, -0.2) is 0 Å². The first-order chi connectivity index (χ1) is 24.0. The normalized spacial score (nSPS) is 32.3. The highest BCUT2D eigenvalue weighted by molar-refractivity contribution is 6.01. The molecule has 0 aliphatic heterocycles. The fraction of sp³-hybridized carbons (Fsp3) is 0.619.